The van der Waals surface area contributed by atoms with Gasteiger partial charge >= 0.3 is 0 Å². The first-order valence-corrected chi connectivity index (χ1v) is 5.97. The number of hydrogen-bond donors (Lipinski definition) is 4. The summed E-state index contributed by atoms with van der Waals surface area (Å²) in [6.07, 6.45) is 0. The number of hydrogen-bond acceptors (Lipinski definition) is 6. The van der Waals surface area contributed by atoms with Gasteiger partial charge in [0.05, 0.1) is 18.6 Å². The van der Waals surface area contributed by atoms with Gasteiger partial charge in [0.2, 0.25) is 11.8 Å². The minimum absolute atomic E-state index is 0.0151. The van der Waals surface area contributed by atoms with Gasteiger partial charge < -0.3 is 16.4 Å². The molecular weight excluding hydrogens is 250 g/mol. The minimum atomic E-state index is -0.623. The Bertz CT molecular complexity index is 418. The largest absolute Gasteiger partial charge is 0.346 e. The van der Waals surface area contributed by atoms with E-state index in [-0.39, 0.29) is 30.3 Å². The van der Waals surface area contributed by atoms with Crippen molar-refractivity contribution >= 4 is 11.8 Å². The first kappa shape index (κ1) is 15.0. The molecular formula is C10H19N7O2. The van der Waals surface area contributed by atoms with E-state index in [4.69, 9.17) is 5.73 Å². The van der Waals surface area contributed by atoms with Gasteiger partial charge in [-0.3, -0.25) is 9.59 Å². The molecule has 2 amide bonds. The van der Waals surface area contributed by atoms with Gasteiger partial charge in [-0.05, 0) is 12.8 Å². The molecule has 2 atom stereocenters. The summed E-state index contributed by atoms with van der Waals surface area (Å²) in [5.41, 5.74) is 5.65. The molecule has 0 saturated carbocycles. The number of nitrogens with one attached hydrogen (secondary N) is 3. The van der Waals surface area contributed by atoms with Crippen molar-refractivity contribution in [1.29, 1.82) is 0 Å². The van der Waals surface area contributed by atoms with Gasteiger partial charge in [-0.15, -0.1) is 10.2 Å². The second-order valence-electron chi connectivity index (χ2n) is 4.55. The van der Waals surface area contributed by atoms with Crippen molar-refractivity contribution < 1.29 is 9.59 Å². The average Bonchev–Trinajstić information content (AvgIpc) is 2.88. The molecule has 0 aromatic carbocycles. The van der Waals surface area contributed by atoms with Crippen molar-refractivity contribution in [3.63, 3.8) is 0 Å². The topological polar surface area (TPSA) is 139 Å². The van der Waals surface area contributed by atoms with Crippen molar-refractivity contribution in [3.05, 3.63) is 5.82 Å². The summed E-state index contributed by atoms with van der Waals surface area (Å²) in [6, 6.07) is -1.01. The summed E-state index contributed by atoms with van der Waals surface area (Å²) in [7, 11) is 0. The van der Waals surface area contributed by atoms with Crippen molar-refractivity contribution in [2.24, 2.45) is 11.7 Å². The molecule has 0 aliphatic rings. The van der Waals surface area contributed by atoms with Crippen LogP contribution in [0.2, 0.25) is 0 Å². The molecule has 0 saturated heterocycles. The van der Waals surface area contributed by atoms with Crippen LogP contribution in [-0.2, 0) is 9.59 Å². The Labute approximate surface area is 110 Å². The van der Waals surface area contributed by atoms with Crippen LogP contribution in [0.25, 0.3) is 0 Å². The molecule has 1 aromatic heterocycles. The number of amides is 2. The van der Waals surface area contributed by atoms with Crippen LogP contribution in [0.4, 0.5) is 0 Å². The SMILES string of the molecule is CC(NC(=O)CNC(=O)[C@@H](N)C(C)C)c1nn[nH]n1. The smallest absolute Gasteiger partial charge is 0.239 e. The lowest BCUT2D eigenvalue weighted by Gasteiger charge is -2.15. The number of rotatable bonds is 6. The summed E-state index contributed by atoms with van der Waals surface area (Å²) in [6.45, 7) is 5.25. The summed E-state index contributed by atoms with van der Waals surface area (Å²) in [4.78, 5) is 23.1. The Morgan fingerprint density at radius 1 is 1.37 bits per heavy atom. The van der Waals surface area contributed by atoms with Crippen molar-refractivity contribution in [1.82, 2.24) is 31.3 Å². The second kappa shape index (κ2) is 6.78. The lowest BCUT2D eigenvalue weighted by atomic mass is 10.1. The average molecular weight is 269 g/mol. The molecule has 5 N–H and O–H groups in total. The number of carbonyl (C=O) groups is 2. The van der Waals surface area contributed by atoms with E-state index >= 15 is 0 Å². The van der Waals surface area contributed by atoms with Crippen LogP contribution in [0.3, 0.4) is 0 Å². The zero-order valence-electron chi connectivity index (χ0n) is 11.2. The maximum absolute atomic E-state index is 11.6. The third-order valence-electron chi connectivity index (χ3n) is 2.57. The van der Waals surface area contributed by atoms with Gasteiger partial charge in [0.25, 0.3) is 0 Å². The van der Waals surface area contributed by atoms with Crippen LogP contribution in [-0.4, -0.2) is 45.0 Å². The zero-order chi connectivity index (χ0) is 14.4. The van der Waals surface area contributed by atoms with Gasteiger partial charge in [-0.1, -0.05) is 19.1 Å². The van der Waals surface area contributed by atoms with Crippen molar-refractivity contribution in [2.75, 3.05) is 6.54 Å². The molecule has 9 heteroatoms. The molecule has 106 valence electrons. The summed E-state index contributed by atoms with van der Waals surface area (Å²) in [5.74, 6) is -0.307. The third kappa shape index (κ3) is 4.62. The zero-order valence-corrected chi connectivity index (χ0v) is 11.2. The predicted molar refractivity (Wildman–Crippen MR) is 66.6 cm³/mol. The van der Waals surface area contributed by atoms with Gasteiger partial charge in [-0.25, -0.2) is 0 Å². The molecule has 9 nitrogen and oxygen atoms in total. The maximum Gasteiger partial charge on any atom is 0.239 e. The molecule has 1 heterocycles. The Balaban J connectivity index is 2.34. The fourth-order valence-corrected chi connectivity index (χ4v) is 1.30. The van der Waals surface area contributed by atoms with E-state index in [1.807, 2.05) is 13.8 Å². The Kier molecular flexibility index (Phi) is 5.37. The number of carbonyl (C=O) groups excluding carboxylic acids is 2. The van der Waals surface area contributed by atoms with Gasteiger partial charge in [0, 0.05) is 0 Å². The van der Waals surface area contributed by atoms with Crippen LogP contribution in [0, 0.1) is 5.92 Å². The van der Waals surface area contributed by atoms with E-state index in [1.54, 1.807) is 6.92 Å². The van der Waals surface area contributed by atoms with Crippen LogP contribution < -0.4 is 16.4 Å². The number of aromatic amines is 1. The molecule has 0 radical (unpaired) electrons. The van der Waals surface area contributed by atoms with E-state index in [0.29, 0.717) is 5.82 Å². The Hall–Kier alpha value is -2.03. The monoisotopic (exact) mass is 269 g/mol. The number of nitrogens with zero attached hydrogens (tertiary/aromatic N) is 3. The van der Waals surface area contributed by atoms with Crippen LogP contribution in [0.15, 0.2) is 0 Å². The highest BCUT2D eigenvalue weighted by Crippen LogP contribution is 2.02. The van der Waals surface area contributed by atoms with E-state index < -0.39 is 6.04 Å². The quantitative estimate of drug-likeness (QED) is 0.494. The molecule has 1 rings (SSSR count). The lowest BCUT2D eigenvalue weighted by molar-refractivity contribution is -0.127. The summed E-state index contributed by atoms with van der Waals surface area (Å²) in [5, 5.41) is 18.3. The Morgan fingerprint density at radius 3 is 2.58 bits per heavy atom. The summed E-state index contributed by atoms with van der Waals surface area (Å²) < 4.78 is 0. The van der Waals surface area contributed by atoms with E-state index in [0.717, 1.165) is 0 Å². The predicted octanol–water partition coefficient (Wildman–Crippen LogP) is -1.52. The highest BCUT2D eigenvalue weighted by Gasteiger charge is 2.18. The molecule has 1 unspecified atom stereocenters. The highest BCUT2D eigenvalue weighted by atomic mass is 16.2. The minimum Gasteiger partial charge on any atom is -0.346 e. The first-order chi connectivity index (χ1) is 8.91. The van der Waals surface area contributed by atoms with E-state index in [9.17, 15) is 9.59 Å². The first-order valence-electron chi connectivity index (χ1n) is 5.97. The lowest BCUT2D eigenvalue weighted by Crippen LogP contribution is -2.47. The second-order valence-corrected chi connectivity index (χ2v) is 4.55. The van der Waals surface area contributed by atoms with Crippen LogP contribution in [0.5, 0.6) is 0 Å². The van der Waals surface area contributed by atoms with E-state index in [1.165, 1.54) is 0 Å². The van der Waals surface area contributed by atoms with Crippen molar-refractivity contribution in [3.8, 4) is 0 Å². The number of aromatic nitrogens is 4. The fourth-order valence-electron chi connectivity index (χ4n) is 1.30. The molecule has 0 spiro atoms. The normalized spacial score (nSPS) is 13.9. The molecule has 0 bridgehead atoms. The number of tetrazole rings is 1. The molecule has 0 aliphatic carbocycles. The maximum atomic E-state index is 11.6. The van der Waals surface area contributed by atoms with Gasteiger partial charge in [0.15, 0.2) is 5.82 Å². The van der Waals surface area contributed by atoms with Crippen LogP contribution in [0.1, 0.15) is 32.6 Å². The Morgan fingerprint density at radius 2 is 2.05 bits per heavy atom. The molecule has 0 aliphatic heterocycles. The summed E-state index contributed by atoms with van der Waals surface area (Å²) >= 11 is 0. The fraction of sp³-hybridized carbons (Fsp3) is 0.700. The standard InChI is InChI=1S/C10H19N7O2/c1-5(2)8(11)10(19)12-4-7(18)13-6(3)9-14-16-17-15-9/h5-6,8H,4,11H2,1-3H3,(H,12,19)(H,13,18)(H,14,15,16,17)/t6?,8-/m0/s1. The van der Waals surface area contributed by atoms with Crippen molar-refractivity contribution in [2.45, 2.75) is 32.9 Å². The third-order valence-corrected chi connectivity index (χ3v) is 2.57. The molecule has 0 fully saturated rings. The van der Waals surface area contributed by atoms with E-state index in [2.05, 4.69) is 31.3 Å². The van der Waals surface area contributed by atoms with Crippen LogP contribution >= 0.6 is 0 Å². The van der Waals surface area contributed by atoms with Gasteiger partial charge in [-0.2, -0.15) is 5.21 Å². The number of H-pyrrole nitrogens is 1. The molecule has 1 aromatic rings. The highest BCUT2D eigenvalue weighted by molar-refractivity contribution is 5.87. The number of nitrogens with two attached hydrogens (primary N) is 1. The van der Waals surface area contributed by atoms with Gasteiger partial charge in [0.1, 0.15) is 0 Å². The molecule has 19 heavy (non-hydrogen) atoms.